The molecule has 1 fully saturated rings. The molecule has 0 bridgehead atoms. The number of amides is 1. The number of nitrogens with zero attached hydrogens (tertiary/aromatic N) is 3. The van der Waals surface area contributed by atoms with Crippen molar-refractivity contribution in [2.24, 2.45) is 0 Å². The van der Waals surface area contributed by atoms with E-state index in [0.717, 1.165) is 32.5 Å². The van der Waals surface area contributed by atoms with Crippen molar-refractivity contribution in [3.8, 4) is 0 Å². The summed E-state index contributed by atoms with van der Waals surface area (Å²) in [6.45, 7) is 4.82. The van der Waals surface area contributed by atoms with Gasteiger partial charge in [-0.1, -0.05) is 0 Å². The summed E-state index contributed by atoms with van der Waals surface area (Å²) in [5.74, 6) is 0.559. The summed E-state index contributed by atoms with van der Waals surface area (Å²) in [5.41, 5.74) is 0.376. The Balaban J connectivity index is 1.88. The van der Waals surface area contributed by atoms with E-state index in [9.17, 15) is 4.79 Å². The predicted molar refractivity (Wildman–Crippen MR) is 74.2 cm³/mol. The number of likely N-dealkylation sites (tertiary alicyclic amines) is 1. The molecule has 1 aliphatic heterocycles. The van der Waals surface area contributed by atoms with Gasteiger partial charge in [-0.05, 0) is 52.0 Å². The lowest BCUT2D eigenvalue weighted by Gasteiger charge is -2.29. The largest absolute Gasteiger partial charge is 0.369 e. The Kier molecular flexibility index (Phi) is 4.68. The summed E-state index contributed by atoms with van der Waals surface area (Å²) in [6.07, 6.45) is 1.98. The van der Waals surface area contributed by atoms with Crippen LogP contribution in [0.5, 0.6) is 0 Å². The molecule has 1 aromatic rings. The molecule has 1 saturated heterocycles. The van der Waals surface area contributed by atoms with Crippen molar-refractivity contribution < 1.29 is 4.79 Å². The van der Waals surface area contributed by atoms with Gasteiger partial charge in [0.05, 0.1) is 0 Å². The normalized spacial score (nSPS) is 17.2. The third-order valence-corrected chi connectivity index (χ3v) is 3.31. The minimum absolute atomic E-state index is 0.134. The highest BCUT2D eigenvalue weighted by Crippen LogP contribution is 2.09. The molecule has 1 aromatic heterocycles. The van der Waals surface area contributed by atoms with E-state index in [2.05, 4.69) is 32.8 Å². The number of rotatable bonds is 4. The Hall–Kier alpha value is -1.69. The predicted octanol–water partition coefficient (Wildman–Crippen LogP) is 0.732. The van der Waals surface area contributed by atoms with E-state index < -0.39 is 0 Å². The van der Waals surface area contributed by atoms with Crippen molar-refractivity contribution in [3.05, 3.63) is 17.8 Å². The zero-order valence-corrected chi connectivity index (χ0v) is 11.5. The van der Waals surface area contributed by atoms with Crippen LogP contribution < -0.4 is 10.6 Å². The first-order valence-corrected chi connectivity index (χ1v) is 6.76. The van der Waals surface area contributed by atoms with Crippen molar-refractivity contribution in [1.82, 2.24) is 20.4 Å². The van der Waals surface area contributed by atoms with Gasteiger partial charge in [-0.25, -0.2) is 0 Å². The monoisotopic (exact) mass is 263 g/mol. The van der Waals surface area contributed by atoms with Crippen molar-refractivity contribution in [2.45, 2.75) is 25.8 Å². The quantitative estimate of drug-likeness (QED) is 0.838. The molecule has 1 amide bonds. The first kappa shape index (κ1) is 13.7. The maximum Gasteiger partial charge on any atom is 0.272 e. The molecule has 2 heterocycles. The number of hydrogen-bond acceptors (Lipinski definition) is 5. The maximum absolute atomic E-state index is 12.0. The molecular formula is C13H21N5O. The van der Waals surface area contributed by atoms with E-state index in [1.807, 2.05) is 6.92 Å². The van der Waals surface area contributed by atoms with E-state index in [1.165, 1.54) is 0 Å². The van der Waals surface area contributed by atoms with Crippen LogP contribution in [0.2, 0.25) is 0 Å². The number of nitrogens with one attached hydrogen (secondary N) is 2. The van der Waals surface area contributed by atoms with Gasteiger partial charge in [0.25, 0.3) is 5.91 Å². The Morgan fingerprint density at radius 2 is 2.11 bits per heavy atom. The van der Waals surface area contributed by atoms with Crippen LogP contribution >= 0.6 is 0 Å². The van der Waals surface area contributed by atoms with Gasteiger partial charge in [0, 0.05) is 12.6 Å². The fourth-order valence-electron chi connectivity index (χ4n) is 2.14. The molecule has 1 aliphatic rings. The van der Waals surface area contributed by atoms with Gasteiger partial charge in [-0.2, -0.15) is 0 Å². The molecule has 19 heavy (non-hydrogen) atoms. The zero-order chi connectivity index (χ0) is 13.7. The van der Waals surface area contributed by atoms with Crippen LogP contribution in [-0.2, 0) is 0 Å². The molecule has 0 atom stereocenters. The molecule has 6 nitrogen and oxygen atoms in total. The summed E-state index contributed by atoms with van der Waals surface area (Å²) in [7, 11) is 2.10. The zero-order valence-electron chi connectivity index (χ0n) is 11.5. The van der Waals surface area contributed by atoms with E-state index in [1.54, 1.807) is 12.1 Å². The highest BCUT2D eigenvalue weighted by molar-refractivity contribution is 5.92. The SMILES string of the molecule is CCNc1ccc(C(=O)NC2CCN(C)CC2)nn1. The molecule has 2 N–H and O–H groups in total. The summed E-state index contributed by atoms with van der Waals surface area (Å²) >= 11 is 0. The standard InChI is InChI=1S/C13H21N5O/c1-3-14-12-5-4-11(16-17-12)13(19)15-10-6-8-18(2)9-7-10/h4-5,10H,3,6-9H2,1-2H3,(H,14,17)(H,15,19). The number of carbonyl (C=O) groups is 1. The van der Waals surface area contributed by atoms with Crippen molar-refractivity contribution in [2.75, 3.05) is 32.0 Å². The third-order valence-electron chi connectivity index (χ3n) is 3.31. The van der Waals surface area contributed by atoms with Crippen molar-refractivity contribution in [1.29, 1.82) is 0 Å². The summed E-state index contributed by atoms with van der Waals surface area (Å²) in [6, 6.07) is 3.73. The first-order valence-electron chi connectivity index (χ1n) is 6.76. The Bertz CT molecular complexity index is 412. The number of carbonyl (C=O) groups excluding carboxylic acids is 1. The van der Waals surface area contributed by atoms with Crippen LogP contribution in [0.3, 0.4) is 0 Å². The molecule has 0 aromatic carbocycles. The summed E-state index contributed by atoms with van der Waals surface area (Å²) < 4.78 is 0. The Labute approximate surface area is 113 Å². The van der Waals surface area contributed by atoms with Crippen LogP contribution in [0.15, 0.2) is 12.1 Å². The van der Waals surface area contributed by atoms with E-state index in [4.69, 9.17) is 0 Å². The Morgan fingerprint density at radius 1 is 1.37 bits per heavy atom. The summed E-state index contributed by atoms with van der Waals surface area (Å²) in [4.78, 5) is 14.3. The molecule has 6 heteroatoms. The minimum Gasteiger partial charge on any atom is -0.369 e. The van der Waals surface area contributed by atoms with E-state index in [-0.39, 0.29) is 11.9 Å². The van der Waals surface area contributed by atoms with Gasteiger partial charge in [0.15, 0.2) is 5.69 Å². The van der Waals surface area contributed by atoms with Crippen LogP contribution in [0, 0.1) is 0 Å². The van der Waals surface area contributed by atoms with Gasteiger partial charge < -0.3 is 15.5 Å². The molecule has 0 saturated carbocycles. The fourth-order valence-corrected chi connectivity index (χ4v) is 2.14. The molecule has 0 spiro atoms. The van der Waals surface area contributed by atoms with Crippen LogP contribution in [-0.4, -0.2) is 53.7 Å². The smallest absolute Gasteiger partial charge is 0.272 e. The van der Waals surface area contributed by atoms with Gasteiger partial charge in [0.2, 0.25) is 0 Å². The van der Waals surface area contributed by atoms with Gasteiger partial charge in [0.1, 0.15) is 5.82 Å². The highest BCUT2D eigenvalue weighted by Gasteiger charge is 2.19. The fraction of sp³-hybridized carbons (Fsp3) is 0.615. The lowest BCUT2D eigenvalue weighted by Crippen LogP contribution is -2.43. The Morgan fingerprint density at radius 3 is 2.68 bits per heavy atom. The molecule has 104 valence electrons. The van der Waals surface area contributed by atoms with Crippen LogP contribution in [0.25, 0.3) is 0 Å². The molecule has 2 rings (SSSR count). The molecule has 0 unspecified atom stereocenters. The average molecular weight is 263 g/mol. The van der Waals surface area contributed by atoms with E-state index >= 15 is 0 Å². The van der Waals surface area contributed by atoms with Gasteiger partial charge in [-0.3, -0.25) is 4.79 Å². The van der Waals surface area contributed by atoms with Crippen LogP contribution in [0.1, 0.15) is 30.3 Å². The lowest BCUT2D eigenvalue weighted by atomic mass is 10.1. The van der Waals surface area contributed by atoms with Crippen molar-refractivity contribution >= 4 is 11.7 Å². The van der Waals surface area contributed by atoms with Crippen LogP contribution in [0.4, 0.5) is 5.82 Å². The second kappa shape index (κ2) is 6.47. The minimum atomic E-state index is -0.134. The molecule has 0 aliphatic carbocycles. The number of piperidine rings is 1. The number of hydrogen-bond donors (Lipinski definition) is 2. The molecule has 0 radical (unpaired) electrons. The van der Waals surface area contributed by atoms with Crippen molar-refractivity contribution in [3.63, 3.8) is 0 Å². The van der Waals surface area contributed by atoms with E-state index in [0.29, 0.717) is 11.5 Å². The second-order valence-corrected chi connectivity index (χ2v) is 4.89. The average Bonchev–Trinajstić information content (AvgIpc) is 2.42. The number of anilines is 1. The third kappa shape index (κ3) is 3.89. The number of aromatic nitrogens is 2. The highest BCUT2D eigenvalue weighted by atomic mass is 16.2. The molecular weight excluding hydrogens is 242 g/mol. The topological polar surface area (TPSA) is 70.2 Å². The lowest BCUT2D eigenvalue weighted by molar-refractivity contribution is 0.0911. The first-order chi connectivity index (χ1) is 9.19. The maximum atomic E-state index is 12.0. The van der Waals surface area contributed by atoms with Gasteiger partial charge >= 0.3 is 0 Å². The second-order valence-electron chi connectivity index (χ2n) is 4.89. The summed E-state index contributed by atoms with van der Waals surface area (Å²) in [5, 5.41) is 14.0. The van der Waals surface area contributed by atoms with Gasteiger partial charge in [-0.15, -0.1) is 10.2 Å².